The Bertz CT molecular complexity index is 1250. The highest BCUT2D eigenvalue weighted by Gasteiger charge is 2.67. The van der Waals surface area contributed by atoms with E-state index < -0.39 is 0 Å². The number of carbonyl (C=O) groups is 1. The van der Waals surface area contributed by atoms with Crippen LogP contribution in [0.3, 0.4) is 0 Å². The summed E-state index contributed by atoms with van der Waals surface area (Å²) < 4.78 is 17.8. The lowest BCUT2D eigenvalue weighted by Crippen LogP contribution is -2.69. The van der Waals surface area contributed by atoms with Crippen molar-refractivity contribution in [2.24, 2.45) is 11.8 Å². The third-order valence-corrected chi connectivity index (χ3v) is 9.28. The van der Waals surface area contributed by atoms with E-state index in [1.807, 2.05) is 23.1 Å². The van der Waals surface area contributed by atoms with Crippen molar-refractivity contribution >= 4 is 12.0 Å². The lowest BCUT2D eigenvalue weighted by atomic mass is 9.50. The van der Waals surface area contributed by atoms with Crippen LogP contribution >= 0.6 is 0 Å². The van der Waals surface area contributed by atoms with E-state index in [-0.39, 0.29) is 29.2 Å². The molecule has 1 N–H and O–H groups in total. The maximum absolute atomic E-state index is 13.8. The summed E-state index contributed by atoms with van der Waals surface area (Å²) in [7, 11) is 1.63. The number of methoxy groups -OCH3 is 1. The molecule has 2 bridgehead atoms. The fourth-order valence-electron chi connectivity index (χ4n) is 7.93. The molecular weight excluding hydrogens is 480 g/mol. The van der Waals surface area contributed by atoms with E-state index in [2.05, 4.69) is 25.3 Å². The van der Waals surface area contributed by atoms with Crippen LogP contribution in [0.25, 0.3) is 6.08 Å². The highest BCUT2D eigenvalue weighted by molar-refractivity contribution is 5.92. The summed E-state index contributed by atoms with van der Waals surface area (Å²) >= 11 is 0. The van der Waals surface area contributed by atoms with Crippen LogP contribution in [0.2, 0.25) is 0 Å². The number of hydrogen-bond acceptors (Lipinski definition) is 6. The van der Waals surface area contributed by atoms with Gasteiger partial charge in [0.1, 0.15) is 11.9 Å². The standard InChI is InChI=1S/C31H38N2O5/c1-5-12-32-13-11-31-22-7-8-23(33(17-19(2)3)27(35)9-6-20-10-14-37-18-20)30(31)38-29-26(36-4)16-25(34)21(28(29)31)15-24(22)32/h5-6,9-10,14,16,18-19,22-24,30,34H,1,7-8,11-13,15,17H2,2-4H3/t22-,23+,24+,30+,31-/m0/s1. The molecule has 2 fully saturated rings. The summed E-state index contributed by atoms with van der Waals surface area (Å²) in [6, 6.07) is 3.78. The van der Waals surface area contributed by atoms with Crippen LogP contribution in [-0.2, 0) is 16.6 Å². The SMILES string of the molecule is C=CCN1CC[C@]23c4c5c(O)cc(OC)c4O[C@@H]2[C@H](N(CC(C)C)C(=O)C=Cc2ccoc2)CC[C@H]3[C@H]1C5. The van der Waals surface area contributed by atoms with Gasteiger partial charge < -0.3 is 23.9 Å². The van der Waals surface area contributed by atoms with Crippen LogP contribution in [0.4, 0.5) is 0 Å². The highest BCUT2D eigenvalue weighted by Crippen LogP contribution is 2.65. The number of likely N-dealkylation sites (tertiary alicyclic amines) is 1. The van der Waals surface area contributed by atoms with E-state index in [4.69, 9.17) is 13.9 Å². The summed E-state index contributed by atoms with van der Waals surface area (Å²) in [5.74, 6) is 2.32. The van der Waals surface area contributed by atoms with Crippen LogP contribution < -0.4 is 9.47 Å². The topological polar surface area (TPSA) is 75.4 Å². The van der Waals surface area contributed by atoms with Crippen molar-refractivity contribution in [1.82, 2.24) is 9.80 Å². The minimum absolute atomic E-state index is 0.00852. The zero-order chi connectivity index (χ0) is 26.6. The fraction of sp³-hybridized carbons (Fsp3) is 0.516. The summed E-state index contributed by atoms with van der Waals surface area (Å²) in [5.41, 5.74) is 2.73. The first-order valence-electron chi connectivity index (χ1n) is 13.8. The number of benzene rings is 1. The molecule has 2 aliphatic carbocycles. The highest BCUT2D eigenvalue weighted by atomic mass is 16.5. The smallest absolute Gasteiger partial charge is 0.246 e. The van der Waals surface area contributed by atoms with Gasteiger partial charge in [-0.05, 0) is 56.2 Å². The van der Waals surface area contributed by atoms with Crippen molar-refractivity contribution in [2.45, 2.75) is 63.1 Å². The van der Waals surface area contributed by atoms with Crippen molar-refractivity contribution in [3.63, 3.8) is 0 Å². The Morgan fingerprint density at radius 2 is 2.24 bits per heavy atom. The molecule has 1 saturated heterocycles. The Hall–Kier alpha value is -3.19. The van der Waals surface area contributed by atoms with Gasteiger partial charge in [0.25, 0.3) is 0 Å². The van der Waals surface area contributed by atoms with Gasteiger partial charge >= 0.3 is 0 Å². The van der Waals surface area contributed by atoms with E-state index >= 15 is 0 Å². The zero-order valence-corrected chi connectivity index (χ0v) is 22.6. The number of rotatable bonds is 8. The van der Waals surface area contributed by atoms with Crippen molar-refractivity contribution in [3.8, 4) is 17.2 Å². The second-order valence-electron chi connectivity index (χ2n) is 11.7. The number of piperidine rings is 1. The molecule has 6 rings (SSSR count). The van der Waals surface area contributed by atoms with Gasteiger partial charge in [0.15, 0.2) is 11.5 Å². The van der Waals surface area contributed by atoms with Crippen molar-refractivity contribution in [2.75, 3.05) is 26.7 Å². The number of phenolic OH excluding ortho intramolecular Hbond substituents is 1. The lowest BCUT2D eigenvalue weighted by Gasteiger charge is -2.60. The number of phenols is 1. The third-order valence-electron chi connectivity index (χ3n) is 9.28. The van der Waals surface area contributed by atoms with Crippen LogP contribution in [0.5, 0.6) is 17.2 Å². The van der Waals surface area contributed by atoms with Gasteiger partial charge in [-0.15, -0.1) is 6.58 Å². The minimum atomic E-state index is -0.260. The molecule has 1 spiro atoms. The number of hydrogen-bond donors (Lipinski definition) is 1. The number of aromatic hydroxyl groups is 1. The first kappa shape index (κ1) is 25.1. The number of nitrogens with zero attached hydrogens (tertiary/aromatic N) is 2. The van der Waals surface area contributed by atoms with Crippen molar-refractivity contribution in [3.05, 3.63) is 60.1 Å². The van der Waals surface area contributed by atoms with Crippen LogP contribution in [0.15, 0.2) is 47.8 Å². The van der Waals surface area contributed by atoms with E-state index in [9.17, 15) is 9.90 Å². The Balaban J connectivity index is 1.44. The van der Waals surface area contributed by atoms with Crippen molar-refractivity contribution < 1.29 is 23.8 Å². The van der Waals surface area contributed by atoms with E-state index in [0.29, 0.717) is 30.2 Å². The largest absolute Gasteiger partial charge is 0.508 e. The second kappa shape index (κ2) is 9.53. The molecule has 0 radical (unpaired) electrons. The Labute approximate surface area is 224 Å². The number of furan rings is 1. The molecule has 2 aliphatic heterocycles. The maximum Gasteiger partial charge on any atom is 0.246 e. The molecule has 2 aromatic rings. The molecule has 0 unspecified atom stereocenters. The van der Waals surface area contributed by atoms with Gasteiger partial charge in [-0.25, -0.2) is 0 Å². The number of carbonyl (C=O) groups excluding carboxylic acids is 1. The second-order valence-corrected chi connectivity index (χ2v) is 11.7. The average molecular weight is 519 g/mol. The van der Waals surface area contributed by atoms with E-state index in [1.54, 1.807) is 31.8 Å². The predicted octanol–water partition coefficient (Wildman–Crippen LogP) is 4.79. The number of amides is 1. The van der Waals surface area contributed by atoms with Crippen LogP contribution in [0, 0.1) is 11.8 Å². The summed E-state index contributed by atoms with van der Waals surface area (Å²) in [6.45, 7) is 10.7. The number of ether oxygens (including phenoxy) is 2. The van der Waals surface area contributed by atoms with Crippen LogP contribution in [-0.4, -0.2) is 65.7 Å². The molecule has 1 saturated carbocycles. The van der Waals surface area contributed by atoms with E-state index in [0.717, 1.165) is 61.2 Å². The van der Waals surface area contributed by atoms with Gasteiger partial charge in [-0.2, -0.15) is 0 Å². The molecule has 1 amide bonds. The first-order chi connectivity index (χ1) is 18.4. The van der Waals surface area contributed by atoms with Crippen molar-refractivity contribution in [1.29, 1.82) is 0 Å². The van der Waals surface area contributed by atoms with Gasteiger partial charge in [-0.3, -0.25) is 9.69 Å². The molecule has 4 aliphatic rings. The molecule has 1 aromatic carbocycles. The first-order valence-corrected chi connectivity index (χ1v) is 13.8. The molecule has 7 heteroatoms. The van der Waals surface area contributed by atoms with Crippen LogP contribution in [0.1, 0.15) is 49.8 Å². The molecule has 202 valence electrons. The average Bonchev–Trinajstić information content (AvgIpc) is 3.54. The lowest BCUT2D eigenvalue weighted by molar-refractivity contribution is -0.138. The quantitative estimate of drug-likeness (QED) is 0.400. The monoisotopic (exact) mass is 518 g/mol. The molecular formula is C31H38N2O5. The summed E-state index contributed by atoms with van der Waals surface area (Å²) in [5, 5.41) is 11.2. The molecule has 38 heavy (non-hydrogen) atoms. The van der Waals surface area contributed by atoms with Gasteiger partial charge in [0, 0.05) is 53.4 Å². The zero-order valence-electron chi connectivity index (χ0n) is 22.6. The Morgan fingerprint density at radius 3 is 2.95 bits per heavy atom. The van der Waals surface area contributed by atoms with Gasteiger partial charge in [0.2, 0.25) is 5.91 Å². The maximum atomic E-state index is 13.8. The van der Waals surface area contributed by atoms with E-state index in [1.165, 1.54) is 0 Å². The Morgan fingerprint density at radius 1 is 1.39 bits per heavy atom. The molecule has 7 nitrogen and oxygen atoms in total. The normalized spacial score (nSPS) is 29.3. The minimum Gasteiger partial charge on any atom is -0.508 e. The third kappa shape index (κ3) is 3.69. The predicted molar refractivity (Wildman–Crippen MR) is 145 cm³/mol. The fourth-order valence-corrected chi connectivity index (χ4v) is 7.93. The van der Waals surface area contributed by atoms with Gasteiger partial charge in [-0.1, -0.05) is 19.9 Å². The molecule has 5 atom stereocenters. The molecule has 3 heterocycles. The molecule has 1 aromatic heterocycles. The summed E-state index contributed by atoms with van der Waals surface area (Å²) in [6.07, 6.45) is 12.1. The van der Waals surface area contributed by atoms with Gasteiger partial charge in [0.05, 0.1) is 25.7 Å². The Kier molecular flexibility index (Phi) is 6.29. The summed E-state index contributed by atoms with van der Waals surface area (Å²) in [4.78, 5) is 18.3.